The molecule has 1 aliphatic rings. The van der Waals surface area contributed by atoms with Crippen molar-refractivity contribution in [1.29, 1.82) is 0 Å². The number of halogens is 2. The highest BCUT2D eigenvalue weighted by molar-refractivity contribution is 7.48. The molecule has 0 saturated heterocycles. The molecular formula is C19H30Cl2OSi. The van der Waals surface area contributed by atoms with Gasteiger partial charge in [-0.05, 0) is 42.1 Å². The Morgan fingerprint density at radius 3 is 2.35 bits per heavy atom. The average molecular weight is 373 g/mol. The maximum Gasteiger partial charge on any atom is 0.424 e. The molecule has 0 unspecified atom stereocenters. The molecule has 0 aromatic heterocycles. The third-order valence-corrected chi connectivity index (χ3v) is 8.59. The third kappa shape index (κ3) is 4.75. The van der Waals surface area contributed by atoms with Gasteiger partial charge in [0.25, 0.3) is 0 Å². The summed E-state index contributed by atoms with van der Waals surface area (Å²) in [6.45, 7) is 8.28. The van der Waals surface area contributed by atoms with Crippen LogP contribution in [0.2, 0.25) is 0 Å². The van der Waals surface area contributed by atoms with Gasteiger partial charge in [-0.3, -0.25) is 0 Å². The second kappa shape index (κ2) is 7.90. The Kier molecular flexibility index (Phi) is 6.63. The zero-order valence-corrected chi connectivity index (χ0v) is 17.5. The Morgan fingerprint density at radius 2 is 1.74 bits per heavy atom. The lowest BCUT2D eigenvalue weighted by molar-refractivity contribution is 0.0468. The molecule has 0 N–H and O–H groups in total. The zero-order valence-electron chi connectivity index (χ0n) is 15.0. The predicted molar refractivity (Wildman–Crippen MR) is 104 cm³/mol. The molecule has 1 nitrogen and oxygen atoms in total. The van der Waals surface area contributed by atoms with E-state index in [4.69, 9.17) is 26.6 Å². The second-order valence-corrected chi connectivity index (χ2v) is 13.3. The summed E-state index contributed by atoms with van der Waals surface area (Å²) in [5, 5.41) is 1.03. The predicted octanol–water partition coefficient (Wildman–Crippen LogP) is 5.91. The van der Waals surface area contributed by atoms with Crippen molar-refractivity contribution in [3.05, 3.63) is 29.8 Å². The number of hydrogen-bond acceptors (Lipinski definition) is 1. The maximum atomic E-state index is 6.84. The molecule has 0 radical (unpaired) electrons. The summed E-state index contributed by atoms with van der Waals surface area (Å²) >= 11 is 13.7. The molecule has 0 bridgehead atoms. The normalized spacial score (nSPS) is 26.0. The largest absolute Gasteiger partial charge is 0.424 e. The molecule has 0 amide bonds. The van der Waals surface area contributed by atoms with E-state index in [9.17, 15) is 0 Å². The third-order valence-electron chi connectivity index (χ3n) is 5.16. The van der Waals surface area contributed by atoms with Crippen LogP contribution in [0.25, 0.3) is 0 Å². The summed E-state index contributed by atoms with van der Waals surface area (Å²) in [6, 6.07) is 8.24. The average Bonchev–Trinajstić information content (AvgIpc) is 2.46. The molecule has 0 spiro atoms. The van der Waals surface area contributed by atoms with Gasteiger partial charge in [0, 0.05) is 5.19 Å². The topological polar surface area (TPSA) is 9.23 Å². The van der Waals surface area contributed by atoms with Crippen molar-refractivity contribution in [2.45, 2.75) is 65.9 Å². The molecule has 0 heterocycles. The van der Waals surface area contributed by atoms with E-state index < -0.39 is 6.94 Å². The summed E-state index contributed by atoms with van der Waals surface area (Å²) in [5.74, 6) is 2.24. The zero-order chi connectivity index (χ0) is 17.2. The molecule has 1 aromatic carbocycles. The molecule has 1 aliphatic carbocycles. The van der Waals surface area contributed by atoms with Crippen molar-refractivity contribution >= 4 is 34.3 Å². The van der Waals surface area contributed by atoms with Crippen LogP contribution in [0, 0.1) is 17.8 Å². The van der Waals surface area contributed by atoms with Crippen molar-refractivity contribution < 1.29 is 4.43 Å². The van der Waals surface area contributed by atoms with Crippen molar-refractivity contribution in [2.75, 3.05) is 0 Å². The quantitative estimate of drug-likeness (QED) is 0.460. The lowest BCUT2D eigenvalue weighted by Gasteiger charge is -2.40. The molecule has 1 fully saturated rings. The van der Waals surface area contributed by atoms with E-state index in [1.807, 2.05) is 6.07 Å². The van der Waals surface area contributed by atoms with E-state index in [1.54, 1.807) is 0 Å². The fraction of sp³-hybridized carbons (Fsp3) is 0.684. The fourth-order valence-corrected chi connectivity index (χ4v) is 7.27. The van der Waals surface area contributed by atoms with Gasteiger partial charge in [-0.1, -0.05) is 65.3 Å². The van der Waals surface area contributed by atoms with Gasteiger partial charge in [-0.2, -0.15) is 0 Å². The van der Waals surface area contributed by atoms with Crippen LogP contribution in [-0.2, 0) is 4.43 Å². The first-order valence-electron chi connectivity index (χ1n) is 8.87. The van der Waals surface area contributed by atoms with E-state index in [0.29, 0.717) is 23.7 Å². The van der Waals surface area contributed by atoms with Gasteiger partial charge in [-0.15, -0.1) is 22.2 Å². The van der Waals surface area contributed by atoms with Crippen LogP contribution in [0.1, 0.15) is 65.4 Å². The summed E-state index contributed by atoms with van der Waals surface area (Å²) in [7, 11) is 0. The summed E-state index contributed by atoms with van der Waals surface area (Å²) in [6.07, 6.45) is 3.75. The Bertz CT molecular complexity index is 516. The monoisotopic (exact) mass is 372 g/mol. The Balaban J connectivity index is 2.25. The van der Waals surface area contributed by atoms with Crippen LogP contribution in [-0.4, -0.2) is 13.0 Å². The van der Waals surface area contributed by atoms with Crippen molar-refractivity contribution in [1.82, 2.24) is 0 Å². The number of hydrogen-bond donors (Lipinski definition) is 0. The first-order chi connectivity index (χ1) is 10.7. The first kappa shape index (κ1) is 19.3. The van der Waals surface area contributed by atoms with Crippen LogP contribution in [0.15, 0.2) is 24.3 Å². The Labute approximate surface area is 152 Å². The second-order valence-electron chi connectivity index (χ2n) is 7.74. The minimum atomic E-state index is -2.95. The van der Waals surface area contributed by atoms with Gasteiger partial charge in [0.15, 0.2) is 0 Å². The van der Waals surface area contributed by atoms with Gasteiger partial charge in [0.1, 0.15) is 0 Å². The van der Waals surface area contributed by atoms with Gasteiger partial charge < -0.3 is 4.43 Å². The number of rotatable bonds is 5. The van der Waals surface area contributed by atoms with Crippen LogP contribution in [0.3, 0.4) is 0 Å². The van der Waals surface area contributed by atoms with Crippen LogP contribution < -0.4 is 5.19 Å². The molecule has 0 aliphatic heterocycles. The van der Waals surface area contributed by atoms with E-state index >= 15 is 0 Å². The van der Waals surface area contributed by atoms with Crippen LogP contribution in [0.4, 0.5) is 0 Å². The lowest BCUT2D eigenvalue weighted by Crippen LogP contribution is -2.48. The molecule has 130 valence electrons. The molecule has 2 rings (SSSR count). The molecule has 23 heavy (non-hydrogen) atoms. The van der Waals surface area contributed by atoms with Crippen molar-refractivity contribution in [2.24, 2.45) is 17.8 Å². The number of benzene rings is 1. The van der Waals surface area contributed by atoms with E-state index in [2.05, 4.69) is 52.8 Å². The van der Waals surface area contributed by atoms with Crippen LogP contribution >= 0.6 is 22.2 Å². The minimum Gasteiger partial charge on any atom is -0.386 e. The smallest absolute Gasteiger partial charge is 0.386 e. The molecule has 1 saturated carbocycles. The summed E-state index contributed by atoms with van der Waals surface area (Å²) < 4.78 is 6.47. The van der Waals surface area contributed by atoms with E-state index in [-0.39, 0.29) is 6.10 Å². The first-order valence-corrected chi connectivity index (χ1v) is 12.8. The Morgan fingerprint density at radius 1 is 1.09 bits per heavy atom. The molecular weight excluding hydrogens is 343 g/mol. The maximum absolute atomic E-state index is 6.84. The lowest BCUT2D eigenvalue weighted by atomic mass is 9.75. The van der Waals surface area contributed by atoms with Crippen molar-refractivity contribution in [3.8, 4) is 0 Å². The summed E-state index contributed by atoms with van der Waals surface area (Å²) in [5.41, 5.74) is 1.22. The molecule has 4 heteroatoms. The van der Waals surface area contributed by atoms with Gasteiger partial charge in [0.05, 0.1) is 6.10 Å². The standard InChI is InChI=1S/C19H30Cl2OSi/c1-13(2)16-11-10-15(5)12-18(16)22-23(20,21)19-9-7-6-8-17(19)14(3)4/h6-9,13-16,18H,10-12H2,1-5H3/t15-,16+,18-/m1/s1. The Hall–Kier alpha value is -0.0231. The highest BCUT2D eigenvalue weighted by atomic mass is 35.7. The SMILES string of the molecule is CC(C)c1ccccc1[Si](Cl)(Cl)O[C@@H]1C[C@H](C)CC[C@H]1C(C)C. The fourth-order valence-electron chi connectivity index (χ4n) is 3.77. The van der Waals surface area contributed by atoms with E-state index in [1.165, 1.54) is 18.4 Å². The summed E-state index contributed by atoms with van der Waals surface area (Å²) in [4.78, 5) is 0. The molecule has 1 aromatic rings. The van der Waals surface area contributed by atoms with E-state index in [0.717, 1.165) is 11.6 Å². The highest BCUT2D eigenvalue weighted by Gasteiger charge is 2.42. The van der Waals surface area contributed by atoms with Crippen molar-refractivity contribution in [3.63, 3.8) is 0 Å². The molecule has 3 atom stereocenters. The minimum absolute atomic E-state index is 0.181. The highest BCUT2D eigenvalue weighted by Crippen LogP contribution is 2.38. The van der Waals surface area contributed by atoms with Gasteiger partial charge in [-0.25, -0.2) is 0 Å². The van der Waals surface area contributed by atoms with Gasteiger partial charge in [0.2, 0.25) is 0 Å². The van der Waals surface area contributed by atoms with Crippen LogP contribution in [0.5, 0.6) is 0 Å². The van der Waals surface area contributed by atoms with Gasteiger partial charge >= 0.3 is 6.94 Å².